The molecule has 1 aromatic carbocycles. The summed E-state index contributed by atoms with van der Waals surface area (Å²) in [6.45, 7) is 0.583. The van der Waals surface area contributed by atoms with E-state index in [0.29, 0.717) is 18.0 Å². The molecule has 0 atom stereocenters. The first-order valence-corrected chi connectivity index (χ1v) is 9.12. The van der Waals surface area contributed by atoms with E-state index < -0.39 is 10.0 Å². The van der Waals surface area contributed by atoms with E-state index in [1.165, 1.54) is 23.6 Å². The molecule has 4 nitrogen and oxygen atoms in total. The van der Waals surface area contributed by atoms with Crippen molar-refractivity contribution in [1.82, 2.24) is 4.31 Å². The molecule has 116 valence electrons. The van der Waals surface area contributed by atoms with Crippen LogP contribution in [-0.4, -0.2) is 31.3 Å². The van der Waals surface area contributed by atoms with E-state index >= 15 is 0 Å². The number of nitrogens with zero attached hydrogens (tertiary/aromatic N) is 1. The monoisotopic (exact) mass is 326 g/mol. The number of benzene rings is 1. The first-order chi connectivity index (χ1) is 9.91. The van der Waals surface area contributed by atoms with Crippen LogP contribution >= 0.6 is 12.2 Å². The fraction of sp³-hybridized carbons (Fsp3) is 0.533. The van der Waals surface area contributed by atoms with Gasteiger partial charge in [-0.1, -0.05) is 43.6 Å². The lowest BCUT2D eigenvalue weighted by molar-refractivity contribution is 0.300. The van der Waals surface area contributed by atoms with Gasteiger partial charge in [0.2, 0.25) is 10.0 Å². The van der Waals surface area contributed by atoms with Crippen LogP contribution in [0.2, 0.25) is 0 Å². The van der Waals surface area contributed by atoms with Crippen LogP contribution in [0.4, 0.5) is 0 Å². The van der Waals surface area contributed by atoms with E-state index in [-0.39, 0.29) is 9.88 Å². The molecule has 0 spiro atoms. The second-order valence-corrected chi connectivity index (χ2v) is 8.17. The second-order valence-electron chi connectivity index (χ2n) is 5.68. The van der Waals surface area contributed by atoms with Crippen LogP contribution in [0.3, 0.4) is 0 Å². The third-order valence-corrected chi connectivity index (χ3v) is 6.12. The number of sulfonamides is 1. The van der Waals surface area contributed by atoms with Crippen LogP contribution in [0, 0.1) is 5.92 Å². The lowest BCUT2D eigenvalue weighted by Gasteiger charge is -2.26. The maximum Gasteiger partial charge on any atom is 0.242 e. The molecular weight excluding hydrogens is 304 g/mol. The van der Waals surface area contributed by atoms with Crippen molar-refractivity contribution in [2.45, 2.75) is 37.0 Å². The van der Waals surface area contributed by atoms with Gasteiger partial charge in [0.15, 0.2) is 0 Å². The van der Waals surface area contributed by atoms with Crippen molar-refractivity contribution in [2.24, 2.45) is 11.7 Å². The first-order valence-electron chi connectivity index (χ1n) is 7.27. The van der Waals surface area contributed by atoms with Crippen LogP contribution in [-0.2, 0) is 10.0 Å². The first kappa shape index (κ1) is 16.4. The number of nitrogens with two attached hydrogens (primary N) is 1. The van der Waals surface area contributed by atoms with Crippen LogP contribution in [0.1, 0.15) is 37.7 Å². The molecule has 0 radical (unpaired) electrons. The Morgan fingerprint density at radius 2 is 2.00 bits per heavy atom. The molecule has 0 bridgehead atoms. The van der Waals surface area contributed by atoms with Crippen LogP contribution in [0.5, 0.6) is 0 Å². The molecule has 2 rings (SSSR count). The molecular formula is C15H22N2O2S2. The van der Waals surface area contributed by atoms with Crippen molar-refractivity contribution in [3.8, 4) is 0 Å². The van der Waals surface area contributed by atoms with Gasteiger partial charge in [-0.25, -0.2) is 12.7 Å². The van der Waals surface area contributed by atoms with Gasteiger partial charge in [0.25, 0.3) is 0 Å². The number of thiocarbonyl (C=S) groups is 1. The molecule has 1 aromatic rings. The fourth-order valence-electron chi connectivity index (χ4n) is 2.82. The molecule has 1 aliphatic rings. The van der Waals surface area contributed by atoms with Crippen LogP contribution in [0.15, 0.2) is 29.2 Å². The Morgan fingerprint density at radius 1 is 1.33 bits per heavy atom. The lowest BCUT2D eigenvalue weighted by Crippen LogP contribution is -2.32. The van der Waals surface area contributed by atoms with Crippen LogP contribution in [0.25, 0.3) is 0 Å². The molecule has 0 heterocycles. The predicted molar refractivity (Wildman–Crippen MR) is 88.7 cm³/mol. The Bertz CT molecular complexity index is 608. The van der Waals surface area contributed by atoms with Gasteiger partial charge >= 0.3 is 0 Å². The van der Waals surface area contributed by atoms with Gasteiger partial charge in [0.05, 0.1) is 4.90 Å². The molecule has 1 fully saturated rings. The van der Waals surface area contributed by atoms with Gasteiger partial charge in [-0.3, -0.25) is 0 Å². The summed E-state index contributed by atoms with van der Waals surface area (Å²) in [5.41, 5.74) is 6.16. The zero-order valence-electron chi connectivity index (χ0n) is 12.3. The molecule has 0 unspecified atom stereocenters. The standard InChI is InChI=1S/C15H22N2O2S2/c1-17(11-12-6-3-2-4-7-12)21(18,19)14-9-5-8-13(10-14)15(16)20/h5,8-10,12H,2-4,6-7,11H2,1H3,(H2,16,20). The summed E-state index contributed by atoms with van der Waals surface area (Å²) >= 11 is 4.91. The van der Waals surface area contributed by atoms with E-state index in [9.17, 15) is 8.42 Å². The van der Waals surface area contributed by atoms with Crippen LogP contribution < -0.4 is 5.73 Å². The Balaban J connectivity index is 2.16. The van der Waals surface area contributed by atoms with E-state index in [2.05, 4.69) is 0 Å². The van der Waals surface area contributed by atoms with E-state index in [1.807, 2.05) is 0 Å². The van der Waals surface area contributed by atoms with Gasteiger partial charge < -0.3 is 5.73 Å². The van der Waals surface area contributed by atoms with Gasteiger partial charge in [-0.15, -0.1) is 0 Å². The van der Waals surface area contributed by atoms with Gasteiger partial charge in [0.1, 0.15) is 4.99 Å². The summed E-state index contributed by atoms with van der Waals surface area (Å²) in [6, 6.07) is 6.54. The molecule has 2 N–H and O–H groups in total. The normalized spacial score (nSPS) is 17.0. The topological polar surface area (TPSA) is 63.4 Å². The van der Waals surface area contributed by atoms with Crippen molar-refractivity contribution >= 4 is 27.2 Å². The Labute approximate surface area is 132 Å². The summed E-state index contributed by atoms with van der Waals surface area (Å²) in [5, 5.41) is 0. The quantitative estimate of drug-likeness (QED) is 0.845. The Morgan fingerprint density at radius 3 is 2.62 bits per heavy atom. The molecule has 6 heteroatoms. The van der Waals surface area contributed by atoms with Gasteiger partial charge in [-0.2, -0.15) is 0 Å². The third kappa shape index (κ3) is 4.02. The second kappa shape index (κ2) is 6.85. The number of rotatable bonds is 5. The molecule has 0 saturated heterocycles. The molecule has 0 amide bonds. The number of hydrogen-bond donors (Lipinski definition) is 1. The lowest BCUT2D eigenvalue weighted by atomic mass is 9.89. The summed E-state index contributed by atoms with van der Waals surface area (Å²) in [4.78, 5) is 0.466. The molecule has 1 saturated carbocycles. The minimum absolute atomic E-state index is 0.210. The zero-order valence-corrected chi connectivity index (χ0v) is 13.9. The van der Waals surface area contributed by atoms with Crippen molar-refractivity contribution < 1.29 is 8.42 Å². The maximum atomic E-state index is 12.6. The SMILES string of the molecule is CN(CC1CCCCC1)S(=O)(=O)c1cccc(C(N)=S)c1. The van der Waals surface area contributed by atoms with Gasteiger partial charge in [0, 0.05) is 19.2 Å². The average molecular weight is 326 g/mol. The van der Waals surface area contributed by atoms with E-state index in [4.69, 9.17) is 18.0 Å². The van der Waals surface area contributed by atoms with Crippen molar-refractivity contribution in [3.05, 3.63) is 29.8 Å². The highest BCUT2D eigenvalue weighted by Crippen LogP contribution is 2.26. The van der Waals surface area contributed by atoms with Crippen molar-refractivity contribution in [2.75, 3.05) is 13.6 Å². The minimum Gasteiger partial charge on any atom is -0.389 e. The highest BCUT2D eigenvalue weighted by molar-refractivity contribution is 7.89. The van der Waals surface area contributed by atoms with Crippen molar-refractivity contribution in [1.29, 1.82) is 0 Å². The van der Waals surface area contributed by atoms with Crippen molar-refractivity contribution in [3.63, 3.8) is 0 Å². The predicted octanol–water partition coefficient (Wildman–Crippen LogP) is 2.52. The summed E-state index contributed by atoms with van der Waals surface area (Å²) in [7, 11) is -1.83. The van der Waals surface area contributed by atoms with E-state index in [1.54, 1.807) is 31.3 Å². The Kier molecular flexibility index (Phi) is 5.35. The third-order valence-electron chi connectivity index (χ3n) is 4.07. The number of hydrogen-bond acceptors (Lipinski definition) is 3. The molecule has 0 aliphatic heterocycles. The maximum absolute atomic E-state index is 12.6. The highest BCUT2D eigenvalue weighted by atomic mass is 32.2. The average Bonchev–Trinajstić information content (AvgIpc) is 2.48. The summed E-state index contributed by atoms with van der Waals surface area (Å²) in [6.07, 6.45) is 5.91. The smallest absolute Gasteiger partial charge is 0.242 e. The summed E-state index contributed by atoms with van der Waals surface area (Å²) in [5.74, 6) is 0.470. The molecule has 21 heavy (non-hydrogen) atoms. The zero-order chi connectivity index (χ0) is 15.5. The minimum atomic E-state index is -3.48. The molecule has 1 aliphatic carbocycles. The Hall–Kier alpha value is -0.980. The molecule has 0 aromatic heterocycles. The highest BCUT2D eigenvalue weighted by Gasteiger charge is 2.25. The fourth-order valence-corrected chi connectivity index (χ4v) is 4.24. The largest absolute Gasteiger partial charge is 0.389 e. The van der Waals surface area contributed by atoms with E-state index in [0.717, 1.165) is 12.8 Å². The van der Waals surface area contributed by atoms with Gasteiger partial charge in [-0.05, 0) is 30.9 Å². The summed E-state index contributed by atoms with van der Waals surface area (Å²) < 4.78 is 26.7.